The Bertz CT molecular complexity index is 339. The van der Waals surface area contributed by atoms with Gasteiger partial charge >= 0.3 is 0 Å². The number of hydrogen-bond donors (Lipinski definition) is 2. The zero-order valence-corrected chi connectivity index (χ0v) is 11.0. The van der Waals surface area contributed by atoms with Crippen molar-refractivity contribution in [2.75, 3.05) is 19.6 Å². The molecule has 1 saturated carbocycles. The lowest BCUT2D eigenvalue weighted by Crippen LogP contribution is -2.41. The topological polar surface area (TPSA) is 69.6 Å². The maximum absolute atomic E-state index is 11.9. The second kappa shape index (κ2) is 5.65. The van der Waals surface area contributed by atoms with Crippen LogP contribution in [0.1, 0.15) is 38.5 Å². The molecular formula is C11H22N2O3S. The van der Waals surface area contributed by atoms with E-state index in [4.69, 9.17) is 0 Å². The third-order valence-electron chi connectivity index (χ3n) is 3.71. The largest absolute Gasteiger partial charge is 0.393 e. The van der Waals surface area contributed by atoms with Crippen LogP contribution in [0.2, 0.25) is 0 Å². The summed E-state index contributed by atoms with van der Waals surface area (Å²) in [5, 5.41) is 9.53. The van der Waals surface area contributed by atoms with E-state index in [9.17, 15) is 13.5 Å². The Balaban J connectivity index is 1.80. The van der Waals surface area contributed by atoms with Crippen molar-refractivity contribution in [1.82, 2.24) is 9.03 Å². The lowest BCUT2D eigenvalue weighted by atomic mass is 9.87. The van der Waals surface area contributed by atoms with Crippen molar-refractivity contribution in [3.8, 4) is 0 Å². The van der Waals surface area contributed by atoms with Crippen LogP contribution in [0.25, 0.3) is 0 Å². The number of nitrogens with one attached hydrogen (secondary N) is 1. The predicted molar refractivity (Wildman–Crippen MR) is 65.7 cm³/mol. The van der Waals surface area contributed by atoms with Crippen LogP contribution < -0.4 is 4.72 Å². The Morgan fingerprint density at radius 1 is 1.18 bits per heavy atom. The monoisotopic (exact) mass is 262 g/mol. The van der Waals surface area contributed by atoms with Crippen molar-refractivity contribution >= 4 is 10.2 Å². The summed E-state index contributed by atoms with van der Waals surface area (Å²) in [6.07, 6.45) is 5.27. The van der Waals surface area contributed by atoms with E-state index >= 15 is 0 Å². The number of nitrogens with zero attached hydrogens (tertiary/aromatic N) is 1. The average Bonchev–Trinajstić information content (AvgIpc) is 2.81. The smallest absolute Gasteiger partial charge is 0.279 e. The van der Waals surface area contributed by atoms with E-state index in [2.05, 4.69) is 4.72 Å². The normalized spacial score (nSPS) is 31.8. The SMILES string of the molecule is O=S(=O)(NCC1CCCC(O)C1)N1CCCC1. The molecule has 2 aliphatic rings. The van der Waals surface area contributed by atoms with Gasteiger partial charge < -0.3 is 5.11 Å². The second-order valence-electron chi connectivity index (χ2n) is 5.15. The molecule has 17 heavy (non-hydrogen) atoms. The van der Waals surface area contributed by atoms with Crippen LogP contribution in [0.4, 0.5) is 0 Å². The summed E-state index contributed by atoms with van der Waals surface area (Å²) < 4.78 is 28.0. The third-order valence-corrected chi connectivity index (χ3v) is 5.29. The molecule has 2 fully saturated rings. The van der Waals surface area contributed by atoms with E-state index in [0.29, 0.717) is 19.6 Å². The van der Waals surface area contributed by atoms with Gasteiger partial charge in [0.15, 0.2) is 0 Å². The minimum atomic E-state index is -3.28. The molecule has 2 unspecified atom stereocenters. The minimum absolute atomic E-state index is 0.245. The first-order chi connectivity index (χ1) is 8.08. The molecule has 0 aromatic carbocycles. The Kier molecular flexibility index (Phi) is 4.41. The van der Waals surface area contributed by atoms with Gasteiger partial charge in [0, 0.05) is 19.6 Å². The highest BCUT2D eigenvalue weighted by molar-refractivity contribution is 7.87. The molecule has 1 saturated heterocycles. The molecule has 2 N–H and O–H groups in total. The van der Waals surface area contributed by atoms with Gasteiger partial charge in [-0.25, -0.2) is 4.72 Å². The van der Waals surface area contributed by atoms with Crippen LogP contribution in [0.5, 0.6) is 0 Å². The van der Waals surface area contributed by atoms with E-state index < -0.39 is 10.2 Å². The Morgan fingerprint density at radius 3 is 2.53 bits per heavy atom. The summed E-state index contributed by atoms with van der Waals surface area (Å²) >= 11 is 0. The summed E-state index contributed by atoms with van der Waals surface area (Å²) in [7, 11) is -3.28. The highest BCUT2D eigenvalue weighted by Gasteiger charge is 2.27. The number of aliphatic hydroxyl groups excluding tert-OH is 1. The van der Waals surface area contributed by atoms with Gasteiger partial charge in [-0.05, 0) is 38.0 Å². The first-order valence-electron chi connectivity index (χ1n) is 6.51. The first-order valence-corrected chi connectivity index (χ1v) is 7.95. The third kappa shape index (κ3) is 3.64. The molecule has 1 aliphatic carbocycles. The zero-order valence-electron chi connectivity index (χ0n) is 10.1. The van der Waals surface area contributed by atoms with Crippen LogP contribution in [0.3, 0.4) is 0 Å². The second-order valence-corrected chi connectivity index (χ2v) is 6.90. The van der Waals surface area contributed by atoms with Crippen LogP contribution >= 0.6 is 0 Å². The lowest BCUT2D eigenvalue weighted by molar-refractivity contribution is 0.102. The molecule has 1 aliphatic heterocycles. The van der Waals surface area contributed by atoms with Crippen molar-refractivity contribution < 1.29 is 13.5 Å². The number of hydrogen-bond acceptors (Lipinski definition) is 3. The summed E-state index contributed by atoms with van der Waals surface area (Å²) in [5.74, 6) is 0.288. The molecule has 6 heteroatoms. The molecule has 0 spiro atoms. The minimum Gasteiger partial charge on any atom is -0.393 e. The van der Waals surface area contributed by atoms with Crippen molar-refractivity contribution in [2.45, 2.75) is 44.6 Å². The fraction of sp³-hybridized carbons (Fsp3) is 1.00. The van der Waals surface area contributed by atoms with Gasteiger partial charge in [0.2, 0.25) is 0 Å². The molecule has 2 atom stereocenters. The molecule has 0 aromatic rings. The van der Waals surface area contributed by atoms with Gasteiger partial charge in [0.25, 0.3) is 10.2 Å². The van der Waals surface area contributed by atoms with E-state index in [0.717, 1.165) is 38.5 Å². The molecule has 0 radical (unpaired) electrons. The van der Waals surface area contributed by atoms with Gasteiger partial charge in [-0.15, -0.1) is 0 Å². The average molecular weight is 262 g/mol. The quantitative estimate of drug-likeness (QED) is 0.773. The van der Waals surface area contributed by atoms with Gasteiger partial charge in [0.05, 0.1) is 6.10 Å². The van der Waals surface area contributed by atoms with Crippen molar-refractivity contribution in [2.24, 2.45) is 5.92 Å². The van der Waals surface area contributed by atoms with Crippen molar-refractivity contribution in [3.63, 3.8) is 0 Å². The summed E-state index contributed by atoms with van der Waals surface area (Å²) in [4.78, 5) is 0. The Morgan fingerprint density at radius 2 is 1.88 bits per heavy atom. The Labute approximate surface area is 103 Å². The number of aliphatic hydroxyl groups is 1. The highest BCUT2D eigenvalue weighted by Crippen LogP contribution is 2.24. The maximum Gasteiger partial charge on any atom is 0.279 e. The van der Waals surface area contributed by atoms with E-state index in [1.165, 1.54) is 4.31 Å². The van der Waals surface area contributed by atoms with E-state index in [-0.39, 0.29) is 12.0 Å². The number of rotatable bonds is 4. The zero-order chi connectivity index (χ0) is 12.3. The first kappa shape index (κ1) is 13.3. The molecule has 2 rings (SSSR count). The van der Waals surface area contributed by atoms with Gasteiger partial charge in [-0.3, -0.25) is 0 Å². The van der Waals surface area contributed by atoms with Crippen LogP contribution in [-0.4, -0.2) is 43.6 Å². The van der Waals surface area contributed by atoms with E-state index in [1.807, 2.05) is 0 Å². The summed E-state index contributed by atoms with van der Waals surface area (Å²) in [5.41, 5.74) is 0. The molecule has 0 amide bonds. The fourth-order valence-electron chi connectivity index (χ4n) is 2.69. The van der Waals surface area contributed by atoms with Gasteiger partial charge in [-0.2, -0.15) is 12.7 Å². The Hall–Kier alpha value is -0.170. The maximum atomic E-state index is 11.9. The fourth-order valence-corrected chi connectivity index (χ4v) is 4.06. The molecular weight excluding hydrogens is 240 g/mol. The molecule has 5 nitrogen and oxygen atoms in total. The van der Waals surface area contributed by atoms with Crippen LogP contribution in [0.15, 0.2) is 0 Å². The highest BCUT2D eigenvalue weighted by atomic mass is 32.2. The standard InChI is InChI=1S/C11H22N2O3S/c14-11-5-3-4-10(8-11)9-12-17(15,16)13-6-1-2-7-13/h10-12,14H,1-9H2. The van der Waals surface area contributed by atoms with Gasteiger partial charge in [-0.1, -0.05) is 6.42 Å². The van der Waals surface area contributed by atoms with Gasteiger partial charge in [0.1, 0.15) is 0 Å². The van der Waals surface area contributed by atoms with Crippen molar-refractivity contribution in [3.05, 3.63) is 0 Å². The predicted octanol–water partition coefficient (Wildman–Crippen LogP) is 0.468. The molecule has 0 aromatic heterocycles. The molecule has 0 bridgehead atoms. The summed E-state index contributed by atoms with van der Waals surface area (Å²) in [6, 6.07) is 0. The van der Waals surface area contributed by atoms with Crippen LogP contribution in [0, 0.1) is 5.92 Å². The van der Waals surface area contributed by atoms with Crippen LogP contribution in [-0.2, 0) is 10.2 Å². The summed E-state index contributed by atoms with van der Waals surface area (Å²) in [6.45, 7) is 1.75. The molecule has 1 heterocycles. The molecule has 100 valence electrons. The van der Waals surface area contributed by atoms with E-state index in [1.54, 1.807) is 0 Å². The lowest BCUT2D eigenvalue weighted by Gasteiger charge is -2.26. The van der Waals surface area contributed by atoms with Crippen molar-refractivity contribution in [1.29, 1.82) is 0 Å².